The standard InChI is InChI=1S/C20H22ClN3O3S/c1-5-24-19(22-18-11-8-15(21)12-17(18)20(24)25)14(3)23(4)28(26,27)16-9-6-13(2)7-10-16/h6-12,14H,5H2,1-4H3. The zero-order valence-corrected chi connectivity index (χ0v) is 17.8. The van der Waals surface area contributed by atoms with Crippen LogP contribution in [0.25, 0.3) is 10.9 Å². The van der Waals surface area contributed by atoms with Gasteiger partial charge >= 0.3 is 0 Å². The van der Waals surface area contributed by atoms with Gasteiger partial charge in [-0.15, -0.1) is 0 Å². The third kappa shape index (κ3) is 3.57. The van der Waals surface area contributed by atoms with E-state index in [0.717, 1.165) is 5.56 Å². The molecule has 1 atom stereocenters. The summed E-state index contributed by atoms with van der Waals surface area (Å²) in [6.07, 6.45) is 0. The molecule has 28 heavy (non-hydrogen) atoms. The van der Waals surface area contributed by atoms with Crippen molar-refractivity contribution < 1.29 is 8.42 Å². The topological polar surface area (TPSA) is 72.3 Å². The van der Waals surface area contributed by atoms with Crippen LogP contribution in [0.15, 0.2) is 52.2 Å². The molecule has 1 unspecified atom stereocenters. The van der Waals surface area contributed by atoms with Crippen LogP contribution in [0.1, 0.15) is 31.3 Å². The van der Waals surface area contributed by atoms with Crippen molar-refractivity contribution in [2.75, 3.05) is 7.05 Å². The van der Waals surface area contributed by atoms with Gasteiger partial charge in [0.2, 0.25) is 10.0 Å². The smallest absolute Gasteiger partial charge is 0.261 e. The third-order valence-corrected chi connectivity index (χ3v) is 7.06. The summed E-state index contributed by atoms with van der Waals surface area (Å²) in [6.45, 7) is 5.81. The highest BCUT2D eigenvalue weighted by Crippen LogP contribution is 2.26. The second-order valence-corrected chi connectivity index (χ2v) is 9.13. The molecule has 0 aliphatic heterocycles. The van der Waals surface area contributed by atoms with Crippen LogP contribution in [0.5, 0.6) is 0 Å². The van der Waals surface area contributed by atoms with Crippen molar-refractivity contribution in [3.05, 3.63) is 69.2 Å². The molecule has 148 valence electrons. The van der Waals surface area contributed by atoms with Crippen LogP contribution in [-0.4, -0.2) is 29.3 Å². The quantitative estimate of drug-likeness (QED) is 0.631. The maximum absolute atomic E-state index is 13.0. The van der Waals surface area contributed by atoms with Crippen molar-refractivity contribution in [2.24, 2.45) is 0 Å². The van der Waals surface area contributed by atoms with Crippen molar-refractivity contribution in [2.45, 2.75) is 38.3 Å². The van der Waals surface area contributed by atoms with E-state index < -0.39 is 16.1 Å². The molecule has 3 rings (SSSR count). The van der Waals surface area contributed by atoms with Gasteiger partial charge in [0.1, 0.15) is 5.82 Å². The summed E-state index contributed by atoms with van der Waals surface area (Å²) in [5, 5.41) is 0.864. The summed E-state index contributed by atoms with van der Waals surface area (Å²) in [5.74, 6) is 0.389. The van der Waals surface area contributed by atoms with E-state index >= 15 is 0 Å². The van der Waals surface area contributed by atoms with Crippen LogP contribution in [0.2, 0.25) is 5.02 Å². The number of hydrogen-bond donors (Lipinski definition) is 0. The minimum absolute atomic E-state index is 0.199. The molecular weight excluding hydrogens is 398 g/mol. The number of benzene rings is 2. The predicted octanol–water partition coefficient (Wildman–Crippen LogP) is 3.76. The van der Waals surface area contributed by atoms with Crippen LogP contribution in [0, 0.1) is 6.92 Å². The molecule has 0 saturated carbocycles. The number of nitrogens with zero attached hydrogens (tertiary/aromatic N) is 3. The number of aryl methyl sites for hydroxylation is 1. The van der Waals surface area contributed by atoms with E-state index in [1.165, 1.54) is 15.9 Å². The Balaban J connectivity index is 2.12. The van der Waals surface area contributed by atoms with Crippen LogP contribution in [0.4, 0.5) is 0 Å². The van der Waals surface area contributed by atoms with Crippen molar-refractivity contribution in [1.29, 1.82) is 0 Å². The molecular formula is C20H22ClN3O3S. The summed E-state index contributed by atoms with van der Waals surface area (Å²) in [6, 6.07) is 10.9. The first-order chi connectivity index (χ1) is 13.2. The summed E-state index contributed by atoms with van der Waals surface area (Å²) in [7, 11) is -2.25. The Hall–Kier alpha value is -2.22. The SMILES string of the molecule is CCn1c(C(C)N(C)S(=O)(=O)c2ccc(C)cc2)nc2ccc(Cl)cc2c1=O. The monoisotopic (exact) mass is 419 g/mol. The van der Waals surface area contributed by atoms with Crippen LogP contribution >= 0.6 is 11.6 Å². The summed E-state index contributed by atoms with van der Waals surface area (Å²) in [5.41, 5.74) is 1.23. The Kier molecular flexibility index (Phi) is 5.61. The van der Waals surface area contributed by atoms with Gasteiger partial charge in [0.15, 0.2) is 0 Å². The van der Waals surface area contributed by atoms with E-state index in [1.54, 1.807) is 49.4 Å². The van der Waals surface area contributed by atoms with Crippen LogP contribution in [0.3, 0.4) is 0 Å². The molecule has 3 aromatic rings. The molecule has 6 nitrogen and oxygen atoms in total. The van der Waals surface area contributed by atoms with Gasteiger partial charge < -0.3 is 0 Å². The minimum atomic E-state index is -3.74. The van der Waals surface area contributed by atoms with Gasteiger partial charge in [-0.05, 0) is 51.1 Å². The van der Waals surface area contributed by atoms with Crippen molar-refractivity contribution in [1.82, 2.24) is 13.9 Å². The van der Waals surface area contributed by atoms with E-state index in [-0.39, 0.29) is 10.5 Å². The lowest BCUT2D eigenvalue weighted by Gasteiger charge is -2.26. The fourth-order valence-corrected chi connectivity index (χ4v) is 4.58. The summed E-state index contributed by atoms with van der Waals surface area (Å²) < 4.78 is 28.8. The third-order valence-electron chi connectivity index (χ3n) is 4.88. The fraction of sp³-hybridized carbons (Fsp3) is 0.300. The van der Waals surface area contributed by atoms with Crippen molar-refractivity contribution in [3.8, 4) is 0 Å². The van der Waals surface area contributed by atoms with E-state index in [4.69, 9.17) is 11.6 Å². The Morgan fingerprint density at radius 2 is 1.82 bits per heavy atom. The Morgan fingerprint density at radius 3 is 2.43 bits per heavy atom. The van der Waals surface area contributed by atoms with Gasteiger partial charge in [-0.25, -0.2) is 13.4 Å². The zero-order chi connectivity index (χ0) is 20.6. The Morgan fingerprint density at radius 1 is 1.18 bits per heavy atom. The van der Waals surface area contributed by atoms with Crippen molar-refractivity contribution in [3.63, 3.8) is 0 Å². The maximum atomic E-state index is 13.0. The van der Waals surface area contributed by atoms with Gasteiger partial charge in [0, 0.05) is 18.6 Å². The molecule has 0 bridgehead atoms. The Labute approximate surface area is 169 Å². The molecule has 2 aromatic carbocycles. The predicted molar refractivity (Wildman–Crippen MR) is 111 cm³/mol. The molecule has 8 heteroatoms. The second kappa shape index (κ2) is 7.66. The molecule has 0 spiro atoms. The molecule has 1 aromatic heterocycles. The largest absolute Gasteiger partial charge is 0.295 e. The van der Waals surface area contributed by atoms with E-state index in [9.17, 15) is 13.2 Å². The highest BCUT2D eigenvalue weighted by atomic mass is 35.5. The van der Waals surface area contributed by atoms with Gasteiger partial charge in [0.05, 0.1) is 21.8 Å². The average molecular weight is 420 g/mol. The number of sulfonamides is 1. The molecule has 0 radical (unpaired) electrons. The van der Waals surface area contributed by atoms with Gasteiger partial charge in [0.25, 0.3) is 5.56 Å². The maximum Gasteiger partial charge on any atom is 0.261 e. The lowest BCUT2D eigenvalue weighted by Crippen LogP contribution is -2.35. The van der Waals surface area contributed by atoms with Gasteiger partial charge in [-0.2, -0.15) is 4.31 Å². The second-order valence-electron chi connectivity index (χ2n) is 6.69. The summed E-state index contributed by atoms with van der Waals surface area (Å²) >= 11 is 6.01. The molecule has 0 saturated heterocycles. The number of rotatable bonds is 5. The van der Waals surface area contributed by atoms with Crippen LogP contribution < -0.4 is 5.56 Å². The first-order valence-electron chi connectivity index (χ1n) is 8.91. The first kappa shape index (κ1) is 20.5. The number of halogens is 1. The lowest BCUT2D eigenvalue weighted by molar-refractivity contribution is 0.370. The van der Waals surface area contributed by atoms with Crippen molar-refractivity contribution >= 4 is 32.5 Å². The highest BCUT2D eigenvalue weighted by Gasteiger charge is 2.29. The number of hydrogen-bond acceptors (Lipinski definition) is 4. The van der Waals surface area contributed by atoms with E-state index in [0.29, 0.717) is 28.3 Å². The fourth-order valence-electron chi connectivity index (χ4n) is 3.08. The van der Waals surface area contributed by atoms with Gasteiger partial charge in [-0.3, -0.25) is 9.36 Å². The van der Waals surface area contributed by atoms with E-state index in [2.05, 4.69) is 4.98 Å². The molecule has 0 aliphatic carbocycles. The van der Waals surface area contributed by atoms with E-state index in [1.807, 2.05) is 13.8 Å². The van der Waals surface area contributed by atoms with Crippen LogP contribution in [-0.2, 0) is 16.6 Å². The van der Waals surface area contributed by atoms with Gasteiger partial charge in [-0.1, -0.05) is 29.3 Å². The highest BCUT2D eigenvalue weighted by molar-refractivity contribution is 7.89. The normalized spacial score (nSPS) is 13.2. The zero-order valence-electron chi connectivity index (χ0n) is 16.2. The molecule has 1 heterocycles. The molecule has 0 fully saturated rings. The first-order valence-corrected chi connectivity index (χ1v) is 10.7. The summed E-state index contributed by atoms with van der Waals surface area (Å²) in [4.78, 5) is 17.7. The minimum Gasteiger partial charge on any atom is -0.295 e. The Bertz CT molecular complexity index is 1190. The molecule has 0 amide bonds. The molecule has 0 N–H and O–H groups in total. The molecule has 0 aliphatic rings. The number of fused-ring (bicyclic) bond motifs is 1. The lowest BCUT2D eigenvalue weighted by atomic mass is 10.2. The average Bonchev–Trinajstić information content (AvgIpc) is 2.67. The number of aromatic nitrogens is 2.